The highest BCUT2D eigenvalue weighted by Gasteiger charge is 2.33. The molecule has 1 rings (SSSR count). The van der Waals surface area contributed by atoms with Gasteiger partial charge in [-0.2, -0.15) is 0 Å². The molecule has 0 saturated carbocycles. The highest BCUT2D eigenvalue weighted by molar-refractivity contribution is 4.57. The maximum atomic E-state index is 2.38. The van der Waals surface area contributed by atoms with Gasteiger partial charge in [0.2, 0.25) is 0 Å². The van der Waals surface area contributed by atoms with Crippen LogP contribution in [0.2, 0.25) is 0 Å². The third-order valence-corrected chi connectivity index (χ3v) is 3.22. The van der Waals surface area contributed by atoms with Crippen molar-refractivity contribution in [3.05, 3.63) is 0 Å². The summed E-state index contributed by atoms with van der Waals surface area (Å²) in [5.41, 5.74) is 0. The van der Waals surface area contributed by atoms with Crippen molar-refractivity contribution in [2.24, 2.45) is 0 Å². The van der Waals surface area contributed by atoms with Crippen LogP contribution in [-0.4, -0.2) is 30.2 Å². The van der Waals surface area contributed by atoms with Gasteiger partial charge >= 0.3 is 0 Å². The minimum absolute atomic E-state index is 0.845. The van der Waals surface area contributed by atoms with Gasteiger partial charge in [-0.25, -0.2) is 0 Å². The summed E-state index contributed by atoms with van der Waals surface area (Å²) in [5.74, 6) is 0. The van der Waals surface area contributed by atoms with E-state index in [1.807, 2.05) is 0 Å². The van der Waals surface area contributed by atoms with E-state index in [9.17, 15) is 0 Å². The van der Waals surface area contributed by atoms with Crippen molar-refractivity contribution in [1.82, 2.24) is 0 Å². The van der Waals surface area contributed by atoms with E-state index in [2.05, 4.69) is 20.8 Å². The first-order valence-corrected chi connectivity index (χ1v) is 5.07. The lowest BCUT2D eigenvalue weighted by molar-refractivity contribution is -0.936. The molecule has 1 aliphatic heterocycles. The molecule has 0 unspecified atom stereocenters. The molecule has 0 aliphatic carbocycles. The number of quaternary nitrogens is 1. The molecule has 1 fully saturated rings. The van der Waals surface area contributed by atoms with Gasteiger partial charge in [0.25, 0.3) is 0 Å². The van der Waals surface area contributed by atoms with E-state index in [1.54, 1.807) is 0 Å². The molecule has 0 radical (unpaired) electrons. The van der Waals surface area contributed by atoms with Gasteiger partial charge in [-0.15, -0.1) is 0 Å². The van der Waals surface area contributed by atoms with Crippen molar-refractivity contribution in [3.8, 4) is 0 Å². The lowest BCUT2D eigenvalue weighted by atomic mass is 10.2. The van der Waals surface area contributed by atoms with Gasteiger partial charge in [0.1, 0.15) is 0 Å². The Balaban J connectivity index is 2.55. The fourth-order valence-corrected chi connectivity index (χ4v) is 2.41. The highest BCUT2D eigenvalue weighted by atomic mass is 15.4. The van der Waals surface area contributed by atoms with Crippen LogP contribution in [0.1, 0.15) is 40.0 Å². The molecular weight excluding hydrogens is 134 g/mol. The van der Waals surface area contributed by atoms with E-state index in [1.165, 1.54) is 43.4 Å². The summed E-state index contributed by atoms with van der Waals surface area (Å²) >= 11 is 0. The largest absolute Gasteiger partial charge is 0.322 e. The quantitative estimate of drug-likeness (QED) is 0.550. The molecule has 1 saturated heterocycles. The summed E-state index contributed by atoms with van der Waals surface area (Å²) in [6, 6.07) is 0.845. The molecule has 1 heterocycles. The van der Waals surface area contributed by atoms with Gasteiger partial charge in [-0.3, -0.25) is 0 Å². The SMILES string of the molecule is CCC[N+]1(C(C)C)CCCC1. The molecule has 11 heavy (non-hydrogen) atoms. The van der Waals surface area contributed by atoms with E-state index < -0.39 is 0 Å². The van der Waals surface area contributed by atoms with Crippen LogP contribution in [0.5, 0.6) is 0 Å². The Morgan fingerprint density at radius 3 is 2.09 bits per heavy atom. The van der Waals surface area contributed by atoms with Gasteiger partial charge in [-0.05, 0) is 20.3 Å². The van der Waals surface area contributed by atoms with E-state index >= 15 is 0 Å². The molecule has 1 heteroatoms. The summed E-state index contributed by atoms with van der Waals surface area (Å²) in [5, 5.41) is 0. The molecule has 0 spiro atoms. The van der Waals surface area contributed by atoms with Crippen molar-refractivity contribution in [2.45, 2.75) is 46.1 Å². The van der Waals surface area contributed by atoms with Crippen LogP contribution < -0.4 is 0 Å². The van der Waals surface area contributed by atoms with E-state index in [0.29, 0.717) is 0 Å². The van der Waals surface area contributed by atoms with Crippen LogP contribution in [0.15, 0.2) is 0 Å². The Labute approximate surface area is 71.0 Å². The molecule has 1 nitrogen and oxygen atoms in total. The van der Waals surface area contributed by atoms with Crippen molar-refractivity contribution in [1.29, 1.82) is 0 Å². The zero-order chi connectivity index (χ0) is 8.32. The normalized spacial score (nSPS) is 22.9. The minimum Gasteiger partial charge on any atom is -0.322 e. The van der Waals surface area contributed by atoms with Gasteiger partial charge in [0.05, 0.1) is 25.7 Å². The number of nitrogens with zero attached hydrogens (tertiary/aromatic N) is 1. The molecule has 0 atom stereocenters. The maximum Gasteiger partial charge on any atom is 0.0833 e. The fraction of sp³-hybridized carbons (Fsp3) is 1.00. The molecule has 0 N–H and O–H groups in total. The highest BCUT2D eigenvalue weighted by Crippen LogP contribution is 2.23. The summed E-state index contributed by atoms with van der Waals surface area (Å²) in [6.45, 7) is 11.3. The predicted octanol–water partition coefficient (Wildman–Crippen LogP) is 2.42. The third-order valence-electron chi connectivity index (χ3n) is 3.22. The van der Waals surface area contributed by atoms with Gasteiger partial charge in [0, 0.05) is 12.8 Å². The Bertz CT molecular complexity index is 112. The van der Waals surface area contributed by atoms with E-state index in [0.717, 1.165) is 6.04 Å². The Morgan fingerprint density at radius 2 is 1.73 bits per heavy atom. The molecular formula is C10H22N+. The van der Waals surface area contributed by atoms with E-state index in [4.69, 9.17) is 0 Å². The molecule has 0 amide bonds. The van der Waals surface area contributed by atoms with Crippen LogP contribution in [0.4, 0.5) is 0 Å². The Kier molecular flexibility index (Phi) is 2.94. The second-order valence-corrected chi connectivity index (χ2v) is 4.19. The first-order valence-electron chi connectivity index (χ1n) is 5.07. The number of rotatable bonds is 3. The van der Waals surface area contributed by atoms with Crippen molar-refractivity contribution < 1.29 is 4.48 Å². The summed E-state index contributed by atoms with van der Waals surface area (Å²) < 4.78 is 1.40. The predicted molar refractivity (Wildman–Crippen MR) is 49.5 cm³/mol. The lowest BCUT2D eigenvalue weighted by Gasteiger charge is -2.38. The summed E-state index contributed by atoms with van der Waals surface area (Å²) in [7, 11) is 0. The first kappa shape index (κ1) is 9.05. The fourth-order valence-electron chi connectivity index (χ4n) is 2.41. The first-order chi connectivity index (χ1) is 5.21. The van der Waals surface area contributed by atoms with Crippen LogP contribution in [0.25, 0.3) is 0 Å². The van der Waals surface area contributed by atoms with Gasteiger partial charge < -0.3 is 4.48 Å². The zero-order valence-electron chi connectivity index (χ0n) is 8.27. The van der Waals surface area contributed by atoms with Crippen molar-refractivity contribution in [2.75, 3.05) is 19.6 Å². The van der Waals surface area contributed by atoms with Crippen LogP contribution in [0.3, 0.4) is 0 Å². The molecule has 0 aromatic carbocycles. The molecule has 1 aliphatic rings. The van der Waals surface area contributed by atoms with Crippen LogP contribution >= 0.6 is 0 Å². The summed E-state index contributed by atoms with van der Waals surface area (Å²) in [6.07, 6.45) is 4.26. The number of likely N-dealkylation sites (tertiary alicyclic amines) is 1. The Hall–Kier alpha value is -0.0400. The lowest BCUT2D eigenvalue weighted by Crippen LogP contribution is -2.51. The van der Waals surface area contributed by atoms with Gasteiger partial charge in [0.15, 0.2) is 0 Å². The van der Waals surface area contributed by atoms with Crippen molar-refractivity contribution >= 4 is 0 Å². The maximum absolute atomic E-state index is 2.38. The average Bonchev–Trinajstić information content (AvgIpc) is 2.38. The monoisotopic (exact) mass is 156 g/mol. The van der Waals surface area contributed by atoms with Crippen LogP contribution in [0, 0.1) is 0 Å². The zero-order valence-corrected chi connectivity index (χ0v) is 8.27. The standard InChI is InChI=1S/C10H22N/c1-4-7-11(10(2)3)8-5-6-9-11/h10H,4-9H2,1-3H3/q+1. The molecule has 66 valence electrons. The molecule has 0 aromatic rings. The van der Waals surface area contributed by atoms with E-state index in [-0.39, 0.29) is 0 Å². The average molecular weight is 156 g/mol. The second kappa shape index (κ2) is 3.57. The van der Waals surface area contributed by atoms with Gasteiger partial charge in [-0.1, -0.05) is 6.92 Å². The Morgan fingerprint density at radius 1 is 1.18 bits per heavy atom. The molecule has 0 bridgehead atoms. The third kappa shape index (κ3) is 1.76. The minimum atomic E-state index is 0.845. The second-order valence-electron chi connectivity index (χ2n) is 4.19. The van der Waals surface area contributed by atoms with Crippen LogP contribution in [-0.2, 0) is 0 Å². The van der Waals surface area contributed by atoms with Crippen molar-refractivity contribution in [3.63, 3.8) is 0 Å². The topological polar surface area (TPSA) is 0 Å². The smallest absolute Gasteiger partial charge is 0.0833 e. The summed E-state index contributed by atoms with van der Waals surface area (Å²) in [4.78, 5) is 0. The number of hydrogen-bond acceptors (Lipinski definition) is 0. The molecule has 0 aromatic heterocycles. The number of hydrogen-bond donors (Lipinski definition) is 0.